The Bertz CT molecular complexity index is 1060. The van der Waals surface area contributed by atoms with Gasteiger partial charge in [-0.15, -0.1) is 0 Å². The van der Waals surface area contributed by atoms with E-state index in [1.165, 1.54) is 6.08 Å². The number of allylic oxidation sites excluding steroid dienone is 1. The van der Waals surface area contributed by atoms with E-state index in [-0.39, 0.29) is 4.91 Å². The highest BCUT2D eigenvalue weighted by atomic mass is 32.2. The summed E-state index contributed by atoms with van der Waals surface area (Å²) in [5.74, 6) is 0. The highest BCUT2D eigenvalue weighted by molar-refractivity contribution is 7.95. The van der Waals surface area contributed by atoms with E-state index in [1.807, 2.05) is 30.3 Å². The number of benzene rings is 1. The lowest BCUT2D eigenvalue weighted by Gasteiger charge is -2.00. The third-order valence-electron chi connectivity index (χ3n) is 3.51. The Balaban J connectivity index is 2.22. The first-order chi connectivity index (χ1) is 12.0. The first-order valence-corrected chi connectivity index (χ1v) is 9.25. The maximum absolute atomic E-state index is 11.8. The average molecular weight is 350 g/mol. The van der Waals surface area contributed by atoms with E-state index in [9.17, 15) is 13.7 Å². The maximum atomic E-state index is 11.8. The quantitative estimate of drug-likeness (QED) is 0.675. The third kappa shape index (κ3) is 3.65. The van der Waals surface area contributed by atoms with Crippen LogP contribution in [0.4, 0.5) is 0 Å². The van der Waals surface area contributed by atoms with E-state index in [4.69, 9.17) is 0 Å². The number of para-hydroxylation sites is 1. The molecule has 0 aliphatic rings. The fraction of sp³-hybridized carbons (Fsp3) is 0.0556. The van der Waals surface area contributed by atoms with Gasteiger partial charge >= 0.3 is 0 Å². The Kier molecular flexibility index (Phi) is 4.46. The van der Waals surface area contributed by atoms with Crippen molar-refractivity contribution in [2.24, 2.45) is 0 Å². The summed E-state index contributed by atoms with van der Waals surface area (Å²) in [4.78, 5) is 3.67. The summed E-state index contributed by atoms with van der Waals surface area (Å²) in [7, 11) is -3.62. The lowest BCUT2D eigenvalue weighted by atomic mass is 10.1. The summed E-state index contributed by atoms with van der Waals surface area (Å²) < 4.78 is 25.2. The van der Waals surface area contributed by atoms with E-state index in [1.54, 1.807) is 41.5 Å². The van der Waals surface area contributed by atoms with Crippen molar-refractivity contribution in [2.45, 2.75) is 0 Å². The smallest absolute Gasteiger partial charge is 0.185 e. The second kappa shape index (κ2) is 6.71. The molecule has 1 aromatic carbocycles. The van der Waals surface area contributed by atoms with Gasteiger partial charge < -0.3 is 0 Å². The molecule has 3 aromatic rings. The molecule has 0 atom stereocenters. The van der Waals surface area contributed by atoms with Crippen LogP contribution in [0.25, 0.3) is 23.0 Å². The number of sulfone groups is 1. The molecular formula is C18H14N4O2S. The van der Waals surface area contributed by atoms with Crippen LogP contribution in [0.15, 0.2) is 66.0 Å². The predicted molar refractivity (Wildman–Crippen MR) is 95.2 cm³/mol. The number of nitrogens with zero attached hydrogens (tertiary/aromatic N) is 4. The lowest BCUT2D eigenvalue weighted by Crippen LogP contribution is -1.98. The second-order valence-corrected chi connectivity index (χ2v) is 7.33. The number of pyridine rings is 1. The Labute approximate surface area is 145 Å². The fourth-order valence-electron chi connectivity index (χ4n) is 2.30. The molecule has 0 fully saturated rings. The molecule has 25 heavy (non-hydrogen) atoms. The first kappa shape index (κ1) is 16.6. The van der Waals surface area contributed by atoms with Gasteiger partial charge in [0.05, 0.1) is 5.69 Å². The van der Waals surface area contributed by atoms with Crippen molar-refractivity contribution in [3.63, 3.8) is 0 Å². The van der Waals surface area contributed by atoms with Crippen LogP contribution in [-0.4, -0.2) is 29.4 Å². The average Bonchev–Trinajstić information content (AvgIpc) is 3.04. The van der Waals surface area contributed by atoms with Gasteiger partial charge in [0.25, 0.3) is 0 Å². The van der Waals surface area contributed by atoms with E-state index >= 15 is 0 Å². The van der Waals surface area contributed by atoms with Crippen LogP contribution < -0.4 is 0 Å². The van der Waals surface area contributed by atoms with Crippen LogP contribution in [0.3, 0.4) is 0 Å². The fourth-order valence-corrected chi connectivity index (χ4v) is 2.81. The summed E-state index contributed by atoms with van der Waals surface area (Å²) in [6, 6.07) is 14.7. The van der Waals surface area contributed by atoms with E-state index < -0.39 is 9.84 Å². The van der Waals surface area contributed by atoms with E-state index in [0.717, 1.165) is 17.5 Å². The molecule has 6 nitrogen and oxygen atoms in total. The van der Waals surface area contributed by atoms with Gasteiger partial charge in [-0.3, -0.25) is 4.98 Å². The topological polar surface area (TPSA) is 88.6 Å². The molecule has 7 heteroatoms. The Hall–Kier alpha value is -3.24. The minimum atomic E-state index is -3.62. The lowest BCUT2D eigenvalue weighted by molar-refractivity contribution is 0.609. The molecule has 0 N–H and O–H groups in total. The molecule has 2 aromatic heterocycles. The van der Waals surface area contributed by atoms with Crippen LogP contribution in [0.1, 0.15) is 5.56 Å². The van der Waals surface area contributed by atoms with Crippen molar-refractivity contribution in [1.82, 2.24) is 14.8 Å². The molecule has 0 saturated heterocycles. The minimum Gasteiger partial charge on any atom is -0.265 e. The normalized spacial score (nSPS) is 11.9. The van der Waals surface area contributed by atoms with Gasteiger partial charge in [-0.2, -0.15) is 10.4 Å². The zero-order valence-electron chi connectivity index (χ0n) is 13.4. The van der Waals surface area contributed by atoms with Gasteiger partial charge in [-0.1, -0.05) is 18.2 Å². The predicted octanol–water partition coefficient (Wildman–Crippen LogP) is 2.84. The molecule has 0 saturated carbocycles. The Morgan fingerprint density at radius 2 is 1.84 bits per heavy atom. The molecule has 124 valence electrons. The largest absolute Gasteiger partial charge is 0.265 e. The highest BCUT2D eigenvalue weighted by Crippen LogP contribution is 2.26. The zero-order valence-corrected chi connectivity index (χ0v) is 14.2. The van der Waals surface area contributed by atoms with Crippen molar-refractivity contribution in [3.05, 3.63) is 71.5 Å². The molecule has 0 spiro atoms. The molecule has 0 amide bonds. The van der Waals surface area contributed by atoms with Crippen molar-refractivity contribution in [3.8, 4) is 23.0 Å². The number of hydrogen-bond donors (Lipinski definition) is 0. The van der Waals surface area contributed by atoms with Crippen LogP contribution in [0, 0.1) is 11.3 Å². The molecule has 0 bridgehead atoms. The molecule has 2 heterocycles. The highest BCUT2D eigenvalue weighted by Gasteiger charge is 2.16. The van der Waals surface area contributed by atoms with Gasteiger partial charge in [-0.05, 0) is 30.3 Å². The standard InChI is InChI=1S/C18H14N4O2S/c1-25(23,24)17(12-19)11-15-13-22(16-5-3-2-4-6-16)21-18(15)14-7-9-20-10-8-14/h2-11,13H,1H3. The number of hydrogen-bond acceptors (Lipinski definition) is 5. The van der Waals surface area contributed by atoms with Crippen LogP contribution in [0.2, 0.25) is 0 Å². The molecule has 0 aliphatic heterocycles. The minimum absolute atomic E-state index is 0.310. The van der Waals surface area contributed by atoms with Crippen molar-refractivity contribution >= 4 is 15.9 Å². The monoisotopic (exact) mass is 350 g/mol. The number of aromatic nitrogens is 3. The van der Waals surface area contributed by atoms with Gasteiger partial charge in [0.1, 0.15) is 16.7 Å². The summed E-state index contributed by atoms with van der Waals surface area (Å²) in [6.45, 7) is 0. The zero-order chi connectivity index (χ0) is 17.9. The molecule has 3 rings (SSSR count). The van der Waals surface area contributed by atoms with Crippen LogP contribution in [0.5, 0.6) is 0 Å². The summed E-state index contributed by atoms with van der Waals surface area (Å²) in [5, 5.41) is 13.7. The molecule has 0 aliphatic carbocycles. The number of rotatable bonds is 4. The molecule has 0 radical (unpaired) electrons. The molecule has 0 unspecified atom stereocenters. The number of nitriles is 1. The molecular weight excluding hydrogens is 336 g/mol. The Morgan fingerprint density at radius 1 is 1.16 bits per heavy atom. The Morgan fingerprint density at radius 3 is 2.44 bits per heavy atom. The van der Waals surface area contributed by atoms with Gasteiger partial charge in [0.15, 0.2) is 9.84 Å². The maximum Gasteiger partial charge on any atom is 0.185 e. The summed E-state index contributed by atoms with van der Waals surface area (Å²) in [6.07, 6.45) is 7.32. The van der Waals surface area contributed by atoms with Crippen LogP contribution in [-0.2, 0) is 9.84 Å². The van der Waals surface area contributed by atoms with Crippen molar-refractivity contribution in [1.29, 1.82) is 5.26 Å². The summed E-state index contributed by atoms with van der Waals surface area (Å²) >= 11 is 0. The second-order valence-electron chi connectivity index (χ2n) is 5.34. The van der Waals surface area contributed by atoms with Gasteiger partial charge in [0, 0.05) is 36.0 Å². The third-order valence-corrected chi connectivity index (χ3v) is 4.52. The first-order valence-electron chi connectivity index (χ1n) is 7.36. The van der Waals surface area contributed by atoms with Gasteiger partial charge in [0.2, 0.25) is 0 Å². The van der Waals surface area contributed by atoms with Crippen LogP contribution >= 0.6 is 0 Å². The van der Waals surface area contributed by atoms with Gasteiger partial charge in [-0.25, -0.2) is 13.1 Å². The van der Waals surface area contributed by atoms with Crippen molar-refractivity contribution < 1.29 is 8.42 Å². The SMILES string of the molecule is CS(=O)(=O)C(C#N)=Cc1cn(-c2ccccc2)nc1-c1ccncc1. The summed E-state index contributed by atoms with van der Waals surface area (Å²) in [5.41, 5.74) is 2.72. The van der Waals surface area contributed by atoms with E-state index in [0.29, 0.717) is 11.3 Å². The van der Waals surface area contributed by atoms with Crippen molar-refractivity contribution in [2.75, 3.05) is 6.26 Å². The van der Waals surface area contributed by atoms with E-state index in [2.05, 4.69) is 10.1 Å².